The summed E-state index contributed by atoms with van der Waals surface area (Å²) >= 11 is 1.11. The summed E-state index contributed by atoms with van der Waals surface area (Å²) < 4.78 is 13.4. The topological polar surface area (TPSA) is 74.8 Å². The van der Waals surface area contributed by atoms with Gasteiger partial charge < -0.3 is 10.3 Å². The van der Waals surface area contributed by atoms with Gasteiger partial charge in [-0.15, -0.1) is 0 Å². The fourth-order valence-corrected chi connectivity index (χ4v) is 2.34. The molecule has 2 rings (SSSR count). The molecule has 0 bridgehead atoms. The first-order valence-electron chi connectivity index (χ1n) is 6.21. The van der Waals surface area contributed by atoms with Crippen LogP contribution < -0.4 is 10.9 Å². The third-order valence-corrected chi connectivity index (χ3v) is 3.52. The van der Waals surface area contributed by atoms with Gasteiger partial charge in [0, 0.05) is 17.4 Å². The average molecular weight is 307 g/mol. The van der Waals surface area contributed by atoms with Gasteiger partial charge in [0.25, 0.3) is 5.56 Å². The number of aromatic nitrogens is 2. The summed E-state index contributed by atoms with van der Waals surface area (Å²) in [6, 6.07) is 5.87. The van der Waals surface area contributed by atoms with Crippen LogP contribution in [0.2, 0.25) is 0 Å². The Bertz CT molecular complexity index is 730. The molecule has 0 unspecified atom stereocenters. The van der Waals surface area contributed by atoms with Crippen LogP contribution >= 0.6 is 11.8 Å². The number of benzene rings is 1. The molecule has 0 saturated carbocycles. The van der Waals surface area contributed by atoms with Gasteiger partial charge in [-0.25, -0.2) is 9.37 Å². The molecule has 2 aromatic rings. The van der Waals surface area contributed by atoms with E-state index in [4.69, 9.17) is 0 Å². The Morgan fingerprint density at radius 1 is 1.38 bits per heavy atom. The largest absolute Gasteiger partial charge is 0.325 e. The minimum Gasteiger partial charge on any atom is -0.325 e. The maximum atomic E-state index is 13.4. The summed E-state index contributed by atoms with van der Waals surface area (Å²) in [5.41, 5.74) is 1.24. The van der Waals surface area contributed by atoms with Gasteiger partial charge in [-0.3, -0.25) is 9.59 Å². The number of carbonyl (C=O) groups is 1. The van der Waals surface area contributed by atoms with Gasteiger partial charge in [0.2, 0.25) is 5.91 Å². The van der Waals surface area contributed by atoms with Gasteiger partial charge in [0.05, 0.1) is 5.75 Å². The first-order chi connectivity index (χ1) is 9.94. The van der Waals surface area contributed by atoms with Crippen LogP contribution in [0.25, 0.3) is 0 Å². The normalized spacial score (nSPS) is 10.4. The quantitative estimate of drug-likeness (QED) is 0.671. The molecule has 0 aliphatic rings. The summed E-state index contributed by atoms with van der Waals surface area (Å²) in [6.45, 7) is 3.35. The van der Waals surface area contributed by atoms with Crippen molar-refractivity contribution >= 4 is 23.4 Å². The second-order valence-electron chi connectivity index (χ2n) is 4.49. The van der Waals surface area contributed by atoms with E-state index in [0.717, 1.165) is 11.8 Å². The molecule has 0 saturated heterocycles. The van der Waals surface area contributed by atoms with Gasteiger partial charge in [-0.1, -0.05) is 17.8 Å². The van der Waals surface area contributed by atoms with Crippen LogP contribution in [0, 0.1) is 19.7 Å². The molecule has 2 N–H and O–H groups in total. The molecule has 0 atom stereocenters. The third-order valence-electron chi connectivity index (χ3n) is 2.64. The van der Waals surface area contributed by atoms with Gasteiger partial charge in [0.1, 0.15) is 5.82 Å². The maximum absolute atomic E-state index is 13.4. The molecule has 1 aromatic carbocycles. The maximum Gasteiger partial charge on any atom is 0.251 e. The van der Waals surface area contributed by atoms with E-state index in [1.807, 2.05) is 0 Å². The van der Waals surface area contributed by atoms with Crippen LogP contribution in [0.1, 0.15) is 11.3 Å². The van der Waals surface area contributed by atoms with E-state index in [1.54, 1.807) is 26.0 Å². The Kier molecular flexibility index (Phi) is 4.74. The molecule has 21 heavy (non-hydrogen) atoms. The Morgan fingerprint density at radius 2 is 2.14 bits per heavy atom. The molecular formula is C14H14FN3O2S. The van der Waals surface area contributed by atoms with Crippen LogP contribution in [0.3, 0.4) is 0 Å². The first kappa shape index (κ1) is 15.2. The van der Waals surface area contributed by atoms with E-state index >= 15 is 0 Å². The van der Waals surface area contributed by atoms with Crippen LogP contribution in [0.5, 0.6) is 0 Å². The number of rotatable bonds is 4. The number of hydrogen-bond donors (Lipinski definition) is 2. The Labute approximate surface area is 125 Å². The highest BCUT2D eigenvalue weighted by Crippen LogP contribution is 2.15. The number of aryl methyl sites for hydroxylation is 2. The number of carbonyl (C=O) groups excluding carboxylic acids is 1. The Hall–Kier alpha value is -2.15. The van der Waals surface area contributed by atoms with Crippen molar-refractivity contribution in [3.8, 4) is 0 Å². The molecule has 0 spiro atoms. The highest BCUT2D eigenvalue weighted by molar-refractivity contribution is 7.99. The first-order valence-corrected chi connectivity index (χ1v) is 7.19. The Balaban J connectivity index is 1.95. The lowest BCUT2D eigenvalue weighted by Crippen LogP contribution is -2.15. The molecule has 1 aromatic heterocycles. The van der Waals surface area contributed by atoms with E-state index in [2.05, 4.69) is 15.3 Å². The van der Waals surface area contributed by atoms with Gasteiger partial charge in [0.15, 0.2) is 5.16 Å². The summed E-state index contributed by atoms with van der Waals surface area (Å²) in [5.74, 6) is -0.598. The number of anilines is 1. The van der Waals surface area contributed by atoms with Crippen molar-refractivity contribution in [3.63, 3.8) is 0 Å². The molecule has 0 fully saturated rings. The van der Waals surface area contributed by atoms with Crippen molar-refractivity contribution in [1.29, 1.82) is 0 Å². The minimum absolute atomic E-state index is 0.0713. The van der Waals surface area contributed by atoms with Crippen molar-refractivity contribution in [2.45, 2.75) is 19.0 Å². The van der Waals surface area contributed by atoms with Crippen molar-refractivity contribution < 1.29 is 9.18 Å². The number of aromatic amines is 1. The van der Waals surface area contributed by atoms with E-state index in [9.17, 15) is 14.0 Å². The number of amides is 1. The smallest absolute Gasteiger partial charge is 0.251 e. The van der Waals surface area contributed by atoms with Gasteiger partial charge in [-0.2, -0.15) is 0 Å². The fourth-order valence-electron chi connectivity index (χ4n) is 1.62. The summed E-state index contributed by atoms with van der Waals surface area (Å²) in [4.78, 5) is 29.7. The van der Waals surface area contributed by atoms with Crippen molar-refractivity contribution in [2.24, 2.45) is 0 Å². The SMILES string of the molecule is Cc1cc(=O)[nH]c(SCC(=O)Nc2ccc(C)c(F)c2)n1. The molecule has 1 heterocycles. The second kappa shape index (κ2) is 6.53. The molecule has 0 radical (unpaired) electrons. The molecule has 0 aliphatic carbocycles. The lowest BCUT2D eigenvalue weighted by atomic mass is 10.2. The van der Waals surface area contributed by atoms with Crippen LogP contribution in [-0.2, 0) is 4.79 Å². The molecule has 0 aliphatic heterocycles. The number of nitrogens with one attached hydrogen (secondary N) is 2. The number of hydrogen-bond acceptors (Lipinski definition) is 4. The van der Waals surface area contributed by atoms with E-state index in [-0.39, 0.29) is 23.0 Å². The Morgan fingerprint density at radius 3 is 2.81 bits per heavy atom. The number of H-pyrrole nitrogens is 1. The standard InChI is InChI=1S/C14H14FN3O2S/c1-8-3-4-10(6-11(8)15)17-13(20)7-21-14-16-9(2)5-12(19)18-14/h3-6H,7H2,1-2H3,(H,17,20)(H,16,18,19). The molecular weight excluding hydrogens is 293 g/mol. The summed E-state index contributed by atoms with van der Waals surface area (Å²) in [5, 5.41) is 2.97. The molecule has 7 heteroatoms. The van der Waals surface area contributed by atoms with Crippen molar-refractivity contribution in [1.82, 2.24) is 9.97 Å². The lowest BCUT2D eigenvalue weighted by molar-refractivity contribution is -0.113. The summed E-state index contributed by atoms with van der Waals surface area (Å²) in [7, 11) is 0. The fraction of sp³-hybridized carbons (Fsp3) is 0.214. The van der Waals surface area contributed by atoms with Crippen molar-refractivity contribution in [3.05, 3.63) is 51.7 Å². The zero-order valence-corrected chi connectivity index (χ0v) is 12.4. The average Bonchev–Trinajstić information content (AvgIpc) is 2.40. The summed E-state index contributed by atoms with van der Waals surface area (Å²) in [6.07, 6.45) is 0. The van der Waals surface area contributed by atoms with Crippen molar-refractivity contribution in [2.75, 3.05) is 11.1 Å². The highest BCUT2D eigenvalue weighted by atomic mass is 32.2. The molecule has 110 valence electrons. The predicted octanol–water partition coefficient (Wildman–Crippen LogP) is 2.26. The monoisotopic (exact) mass is 307 g/mol. The number of thioether (sulfide) groups is 1. The number of nitrogens with zero attached hydrogens (tertiary/aromatic N) is 1. The third kappa shape index (κ3) is 4.42. The minimum atomic E-state index is -0.370. The molecule has 1 amide bonds. The van der Waals surface area contributed by atoms with E-state index in [1.165, 1.54) is 12.1 Å². The van der Waals surface area contributed by atoms with Gasteiger partial charge >= 0.3 is 0 Å². The molecule has 5 nitrogen and oxygen atoms in total. The predicted molar refractivity (Wildman–Crippen MR) is 80.1 cm³/mol. The highest BCUT2D eigenvalue weighted by Gasteiger charge is 2.07. The van der Waals surface area contributed by atoms with Crippen LogP contribution in [0.4, 0.5) is 10.1 Å². The number of halogens is 1. The second-order valence-corrected chi connectivity index (χ2v) is 5.46. The van der Waals surface area contributed by atoms with E-state index in [0.29, 0.717) is 22.1 Å². The van der Waals surface area contributed by atoms with Crippen LogP contribution in [-0.4, -0.2) is 21.6 Å². The zero-order valence-electron chi connectivity index (χ0n) is 11.6. The van der Waals surface area contributed by atoms with Gasteiger partial charge in [-0.05, 0) is 31.5 Å². The van der Waals surface area contributed by atoms with Crippen LogP contribution in [0.15, 0.2) is 34.2 Å². The zero-order chi connectivity index (χ0) is 15.4. The van der Waals surface area contributed by atoms with E-state index < -0.39 is 0 Å². The lowest BCUT2D eigenvalue weighted by Gasteiger charge is -2.06.